The van der Waals surface area contributed by atoms with Crippen molar-refractivity contribution in [2.24, 2.45) is 5.92 Å². The third-order valence-electron chi connectivity index (χ3n) is 5.39. The Kier molecular flexibility index (Phi) is 4.63. The summed E-state index contributed by atoms with van der Waals surface area (Å²) in [5.74, 6) is 0.374. The van der Waals surface area contributed by atoms with Crippen LogP contribution in [0, 0.1) is 16.0 Å². The van der Waals surface area contributed by atoms with E-state index in [2.05, 4.69) is 4.90 Å². The highest BCUT2D eigenvalue weighted by atomic mass is 32.2. The molecular formula is C16H23N3O4S. The number of hydrogen-bond acceptors (Lipinski definition) is 5. The van der Waals surface area contributed by atoms with E-state index < -0.39 is 14.9 Å². The average molecular weight is 353 g/mol. The van der Waals surface area contributed by atoms with E-state index in [4.69, 9.17) is 0 Å². The number of benzene rings is 1. The molecule has 3 saturated heterocycles. The molecule has 1 aromatic carbocycles. The van der Waals surface area contributed by atoms with Crippen LogP contribution in [-0.2, 0) is 16.4 Å². The van der Waals surface area contributed by atoms with Crippen LogP contribution in [0.1, 0.15) is 25.3 Å². The van der Waals surface area contributed by atoms with Crippen molar-refractivity contribution < 1.29 is 13.3 Å². The summed E-state index contributed by atoms with van der Waals surface area (Å²) in [6, 6.07) is 4.06. The molecule has 24 heavy (non-hydrogen) atoms. The number of fused-ring (bicyclic) bond motifs is 3. The molecular weight excluding hydrogens is 330 g/mol. The lowest BCUT2D eigenvalue weighted by atomic mass is 9.84. The third-order valence-corrected chi connectivity index (χ3v) is 7.35. The van der Waals surface area contributed by atoms with E-state index in [1.165, 1.54) is 16.4 Å². The van der Waals surface area contributed by atoms with Gasteiger partial charge in [0.2, 0.25) is 10.0 Å². The molecule has 3 heterocycles. The van der Waals surface area contributed by atoms with Crippen molar-refractivity contribution in [2.45, 2.75) is 37.1 Å². The predicted molar refractivity (Wildman–Crippen MR) is 90.4 cm³/mol. The summed E-state index contributed by atoms with van der Waals surface area (Å²) in [6.07, 6.45) is 2.54. The SMILES string of the molecule is CCc1ccc([N+](=O)[O-])cc1S(=O)(=O)N(C)C1CN2CCC1CC2. The van der Waals surface area contributed by atoms with Gasteiger partial charge in [-0.25, -0.2) is 8.42 Å². The fourth-order valence-corrected chi connectivity index (χ4v) is 5.59. The monoisotopic (exact) mass is 353 g/mol. The minimum Gasteiger partial charge on any atom is -0.302 e. The van der Waals surface area contributed by atoms with Crippen LogP contribution in [-0.4, -0.2) is 55.3 Å². The fraction of sp³-hybridized carbons (Fsp3) is 0.625. The Morgan fingerprint density at radius 2 is 2.00 bits per heavy atom. The van der Waals surface area contributed by atoms with Crippen molar-refractivity contribution >= 4 is 15.7 Å². The van der Waals surface area contributed by atoms with Gasteiger partial charge in [-0.3, -0.25) is 10.1 Å². The first-order valence-corrected chi connectivity index (χ1v) is 9.76. The molecule has 0 spiro atoms. The molecule has 0 N–H and O–H groups in total. The molecule has 0 aromatic heterocycles. The molecule has 3 aliphatic heterocycles. The topological polar surface area (TPSA) is 83.8 Å². The number of aryl methyl sites for hydroxylation is 1. The first kappa shape index (κ1) is 17.3. The molecule has 8 heteroatoms. The number of rotatable bonds is 5. The number of likely N-dealkylation sites (N-methyl/N-ethyl adjacent to an activating group) is 1. The maximum absolute atomic E-state index is 13.1. The molecule has 0 amide bonds. The quantitative estimate of drug-likeness (QED) is 0.596. The van der Waals surface area contributed by atoms with E-state index in [0.717, 1.165) is 32.5 Å². The maximum atomic E-state index is 13.1. The average Bonchev–Trinajstić information content (AvgIpc) is 2.61. The van der Waals surface area contributed by atoms with Crippen LogP contribution in [0.5, 0.6) is 0 Å². The molecule has 0 radical (unpaired) electrons. The number of hydrogen-bond donors (Lipinski definition) is 0. The minimum atomic E-state index is -3.76. The van der Waals surface area contributed by atoms with Crippen LogP contribution in [0.15, 0.2) is 23.1 Å². The van der Waals surface area contributed by atoms with Gasteiger partial charge in [-0.1, -0.05) is 13.0 Å². The zero-order valence-corrected chi connectivity index (χ0v) is 14.8. The number of nitro groups is 1. The molecule has 3 aliphatic rings. The van der Waals surface area contributed by atoms with Gasteiger partial charge in [0, 0.05) is 31.8 Å². The highest BCUT2D eigenvalue weighted by Gasteiger charge is 2.41. The Balaban J connectivity index is 1.97. The Morgan fingerprint density at radius 1 is 1.33 bits per heavy atom. The van der Waals surface area contributed by atoms with Crippen LogP contribution >= 0.6 is 0 Å². The van der Waals surface area contributed by atoms with Crippen LogP contribution < -0.4 is 0 Å². The third kappa shape index (κ3) is 2.94. The summed E-state index contributed by atoms with van der Waals surface area (Å²) < 4.78 is 27.7. The molecule has 0 saturated carbocycles. The maximum Gasteiger partial charge on any atom is 0.270 e. The highest BCUT2D eigenvalue weighted by molar-refractivity contribution is 7.89. The van der Waals surface area contributed by atoms with Gasteiger partial charge in [-0.2, -0.15) is 4.31 Å². The van der Waals surface area contributed by atoms with E-state index in [0.29, 0.717) is 17.9 Å². The first-order chi connectivity index (χ1) is 11.3. The lowest BCUT2D eigenvalue weighted by molar-refractivity contribution is -0.385. The van der Waals surface area contributed by atoms with Crippen LogP contribution in [0.3, 0.4) is 0 Å². The van der Waals surface area contributed by atoms with Crippen molar-refractivity contribution in [3.05, 3.63) is 33.9 Å². The van der Waals surface area contributed by atoms with Crippen molar-refractivity contribution in [2.75, 3.05) is 26.7 Å². The summed E-state index contributed by atoms with van der Waals surface area (Å²) in [7, 11) is -2.15. The van der Waals surface area contributed by atoms with Gasteiger partial charge in [0.1, 0.15) is 0 Å². The van der Waals surface area contributed by atoms with E-state index in [1.807, 2.05) is 6.92 Å². The number of piperidine rings is 3. The second-order valence-electron chi connectivity index (χ2n) is 6.63. The van der Waals surface area contributed by atoms with Gasteiger partial charge in [-0.05, 0) is 43.8 Å². The first-order valence-electron chi connectivity index (χ1n) is 8.32. The van der Waals surface area contributed by atoms with E-state index in [1.54, 1.807) is 13.1 Å². The number of nitro benzene ring substituents is 1. The van der Waals surface area contributed by atoms with Crippen LogP contribution in [0.4, 0.5) is 5.69 Å². The number of non-ortho nitro benzene ring substituents is 1. The normalized spacial score (nSPS) is 26.7. The second kappa shape index (κ2) is 6.42. The van der Waals surface area contributed by atoms with E-state index in [-0.39, 0.29) is 16.6 Å². The molecule has 4 rings (SSSR count). The van der Waals surface area contributed by atoms with Gasteiger partial charge in [0.15, 0.2) is 0 Å². The summed E-state index contributed by atoms with van der Waals surface area (Å²) in [4.78, 5) is 12.9. The Morgan fingerprint density at radius 3 is 2.50 bits per heavy atom. The van der Waals surface area contributed by atoms with Crippen molar-refractivity contribution in [1.29, 1.82) is 0 Å². The molecule has 1 aromatic rings. The van der Waals surface area contributed by atoms with Gasteiger partial charge >= 0.3 is 0 Å². The zero-order chi connectivity index (χ0) is 17.5. The number of sulfonamides is 1. The molecule has 0 aliphatic carbocycles. The predicted octanol–water partition coefficient (Wildman–Crippen LogP) is 1.87. The van der Waals surface area contributed by atoms with Crippen molar-refractivity contribution in [3.8, 4) is 0 Å². The van der Waals surface area contributed by atoms with Gasteiger partial charge in [0.05, 0.1) is 9.82 Å². The number of nitrogens with zero attached hydrogens (tertiary/aromatic N) is 3. The standard InChI is InChI=1S/C16H23N3O4S/c1-3-12-4-5-14(19(20)21)10-16(12)24(22,23)17(2)15-11-18-8-6-13(15)7-9-18/h4-5,10,13,15H,3,6-9,11H2,1-2H3. The lowest BCUT2D eigenvalue weighted by Crippen LogP contribution is -2.57. The summed E-state index contributed by atoms with van der Waals surface area (Å²) in [6.45, 7) is 4.67. The summed E-state index contributed by atoms with van der Waals surface area (Å²) in [5.41, 5.74) is 0.432. The Hall–Kier alpha value is -1.51. The van der Waals surface area contributed by atoms with E-state index >= 15 is 0 Å². The smallest absolute Gasteiger partial charge is 0.270 e. The Labute approximate surface area is 142 Å². The highest BCUT2D eigenvalue weighted by Crippen LogP contribution is 2.34. The Bertz CT molecular complexity index is 742. The second-order valence-corrected chi connectivity index (χ2v) is 8.60. The summed E-state index contributed by atoms with van der Waals surface area (Å²) in [5, 5.41) is 11.0. The van der Waals surface area contributed by atoms with Crippen LogP contribution in [0.25, 0.3) is 0 Å². The van der Waals surface area contributed by atoms with Gasteiger partial charge < -0.3 is 4.90 Å². The van der Waals surface area contributed by atoms with Crippen molar-refractivity contribution in [1.82, 2.24) is 9.21 Å². The largest absolute Gasteiger partial charge is 0.302 e. The zero-order valence-electron chi connectivity index (χ0n) is 14.0. The van der Waals surface area contributed by atoms with Crippen LogP contribution in [0.2, 0.25) is 0 Å². The minimum absolute atomic E-state index is 0.0542. The molecule has 3 fully saturated rings. The summed E-state index contributed by atoms with van der Waals surface area (Å²) >= 11 is 0. The molecule has 132 valence electrons. The molecule has 7 nitrogen and oxygen atoms in total. The van der Waals surface area contributed by atoms with Crippen molar-refractivity contribution in [3.63, 3.8) is 0 Å². The van der Waals surface area contributed by atoms with E-state index in [9.17, 15) is 18.5 Å². The lowest BCUT2D eigenvalue weighted by Gasteiger charge is -2.47. The molecule has 1 atom stereocenters. The fourth-order valence-electron chi connectivity index (χ4n) is 3.87. The molecule has 2 bridgehead atoms. The van der Waals surface area contributed by atoms with Gasteiger partial charge in [-0.15, -0.1) is 0 Å². The van der Waals surface area contributed by atoms with Gasteiger partial charge in [0.25, 0.3) is 5.69 Å². The molecule has 1 unspecified atom stereocenters.